The number of fused-ring (bicyclic) bond motifs is 1. The molecule has 0 spiro atoms. The highest BCUT2D eigenvalue weighted by atomic mass is 32.2. The number of oxazole rings is 1. The molecule has 154 valence electrons. The van der Waals surface area contributed by atoms with Crippen molar-refractivity contribution in [3.05, 3.63) is 53.8 Å². The minimum absolute atomic E-state index is 0.0807. The summed E-state index contributed by atoms with van der Waals surface area (Å²) in [4.78, 5) is 8.90. The van der Waals surface area contributed by atoms with E-state index in [0.717, 1.165) is 37.3 Å². The number of aryl methyl sites for hydroxylation is 1. The van der Waals surface area contributed by atoms with Gasteiger partial charge in [0.2, 0.25) is 10.0 Å². The summed E-state index contributed by atoms with van der Waals surface area (Å²) in [6.07, 6.45) is 0. The Labute approximate surface area is 169 Å². The molecule has 0 bridgehead atoms. The largest absolute Gasteiger partial charge is 0.423 e. The Morgan fingerprint density at radius 1 is 1.14 bits per heavy atom. The lowest BCUT2D eigenvalue weighted by molar-refractivity contribution is 0.257. The second-order valence-corrected chi connectivity index (χ2v) is 8.87. The first-order chi connectivity index (χ1) is 13.9. The number of aromatic nitrogens is 1. The molecule has 0 unspecified atom stereocenters. The zero-order chi connectivity index (χ0) is 20.4. The van der Waals surface area contributed by atoms with E-state index in [2.05, 4.69) is 19.5 Å². The lowest BCUT2D eigenvalue weighted by Crippen LogP contribution is -2.48. The molecule has 0 saturated carbocycles. The molecule has 4 rings (SSSR count). The van der Waals surface area contributed by atoms with Gasteiger partial charge in [0.15, 0.2) is 5.58 Å². The van der Waals surface area contributed by atoms with Crippen molar-refractivity contribution in [1.82, 2.24) is 14.6 Å². The van der Waals surface area contributed by atoms with Crippen LogP contribution in [0.2, 0.25) is 0 Å². The number of rotatable bonds is 6. The van der Waals surface area contributed by atoms with E-state index in [1.165, 1.54) is 18.2 Å². The molecule has 1 N–H and O–H groups in total. The molecule has 29 heavy (non-hydrogen) atoms. The number of sulfonamides is 1. The Morgan fingerprint density at radius 3 is 2.62 bits per heavy atom. The highest BCUT2D eigenvalue weighted by Gasteiger charge is 2.21. The van der Waals surface area contributed by atoms with Gasteiger partial charge in [-0.1, -0.05) is 12.1 Å². The van der Waals surface area contributed by atoms with Gasteiger partial charge in [-0.05, 0) is 42.8 Å². The number of benzene rings is 2. The number of hydrogen-bond donors (Lipinski definition) is 1. The fraction of sp³-hybridized carbons (Fsp3) is 0.350. The predicted molar refractivity (Wildman–Crippen MR) is 109 cm³/mol. The van der Waals surface area contributed by atoms with Gasteiger partial charge in [-0.3, -0.25) is 4.90 Å². The van der Waals surface area contributed by atoms with E-state index in [-0.39, 0.29) is 4.90 Å². The predicted octanol–water partition coefficient (Wildman–Crippen LogP) is 2.38. The standard InChI is InChI=1S/C20H23FN4O3S/c1-15-14-16(6-7-17(15)21)29(26,27)22-8-9-24-10-12-25(13-11-24)20-23-18-4-2-3-5-19(18)28-20/h2-7,14,22H,8-13H2,1H3. The smallest absolute Gasteiger partial charge is 0.298 e. The summed E-state index contributed by atoms with van der Waals surface area (Å²) in [6.45, 7) is 5.53. The van der Waals surface area contributed by atoms with Crippen molar-refractivity contribution < 1.29 is 17.2 Å². The van der Waals surface area contributed by atoms with Crippen molar-refractivity contribution in [3.63, 3.8) is 0 Å². The van der Waals surface area contributed by atoms with E-state index in [1.54, 1.807) is 6.92 Å². The molecule has 3 aromatic rings. The first kappa shape index (κ1) is 19.8. The van der Waals surface area contributed by atoms with Crippen LogP contribution in [0.25, 0.3) is 11.1 Å². The van der Waals surface area contributed by atoms with Gasteiger partial charge in [-0.25, -0.2) is 17.5 Å². The SMILES string of the molecule is Cc1cc(S(=O)(=O)NCCN2CCN(c3nc4ccccc4o3)CC2)ccc1F. The lowest BCUT2D eigenvalue weighted by Gasteiger charge is -2.33. The van der Waals surface area contributed by atoms with Crippen molar-refractivity contribution in [2.75, 3.05) is 44.2 Å². The summed E-state index contributed by atoms with van der Waals surface area (Å²) in [5.41, 5.74) is 1.92. The van der Waals surface area contributed by atoms with Gasteiger partial charge in [0.05, 0.1) is 4.90 Å². The van der Waals surface area contributed by atoms with Crippen LogP contribution < -0.4 is 9.62 Å². The van der Waals surface area contributed by atoms with Gasteiger partial charge in [0.1, 0.15) is 11.3 Å². The molecule has 2 aromatic carbocycles. The summed E-state index contributed by atoms with van der Waals surface area (Å²) in [6, 6.07) is 12.1. The maximum atomic E-state index is 13.4. The fourth-order valence-electron chi connectivity index (χ4n) is 3.36. The molecule has 1 aromatic heterocycles. The topological polar surface area (TPSA) is 78.7 Å². The molecule has 9 heteroatoms. The van der Waals surface area contributed by atoms with Gasteiger partial charge in [0.25, 0.3) is 6.01 Å². The molecule has 1 aliphatic rings. The van der Waals surface area contributed by atoms with E-state index in [4.69, 9.17) is 4.42 Å². The van der Waals surface area contributed by atoms with Crippen molar-refractivity contribution in [1.29, 1.82) is 0 Å². The maximum Gasteiger partial charge on any atom is 0.298 e. The van der Waals surface area contributed by atoms with E-state index >= 15 is 0 Å². The molecule has 0 aliphatic carbocycles. The maximum absolute atomic E-state index is 13.4. The molecule has 1 saturated heterocycles. The summed E-state index contributed by atoms with van der Waals surface area (Å²) in [5, 5.41) is 0. The first-order valence-corrected chi connectivity index (χ1v) is 11.0. The van der Waals surface area contributed by atoms with Crippen molar-refractivity contribution >= 4 is 27.1 Å². The Hall–Kier alpha value is -2.49. The summed E-state index contributed by atoms with van der Waals surface area (Å²) < 4.78 is 46.5. The van der Waals surface area contributed by atoms with E-state index in [1.807, 2.05) is 24.3 Å². The third-order valence-corrected chi connectivity index (χ3v) is 6.54. The Bertz CT molecular complexity index is 1070. The van der Waals surface area contributed by atoms with Crippen LogP contribution in [-0.2, 0) is 10.0 Å². The summed E-state index contributed by atoms with van der Waals surface area (Å²) >= 11 is 0. The van der Waals surface area contributed by atoms with Crippen LogP contribution >= 0.6 is 0 Å². The first-order valence-electron chi connectivity index (χ1n) is 9.51. The third-order valence-electron chi connectivity index (χ3n) is 5.09. The van der Waals surface area contributed by atoms with E-state index in [9.17, 15) is 12.8 Å². The van der Waals surface area contributed by atoms with E-state index in [0.29, 0.717) is 24.7 Å². The molecular formula is C20H23FN4O3S. The molecular weight excluding hydrogens is 395 g/mol. The Morgan fingerprint density at radius 2 is 1.90 bits per heavy atom. The van der Waals surface area contributed by atoms with Gasteiger partial charge in [-0.15, -0.1) is 0 Å². The minimum atomic E-state index is -3.65. The second-order valence-electron chi connectivity index (χ2n) is 7.10. The third kappa shape index (κ3) is 4.42. The average molecular weight is 418 g/mol. The molecule has 0 radical (unpaired) electrons. The van der Waals surface area contributed by atoms with Crippen LogP contribution in [0.1, 0.15) is 5.56 Å². The average Bonchev–Trinajstić information content (AvgIpc) is 3.14. The normalized spacial score (nSPS) is 15.9. The van der Waals surface area contributed by atoms with Crippen molar-refractivity contribution in [2.45, 2.75) is 11.8 Å². The van der Waals surface area contributed by atoms with Gasteiger partial charge in [0, 0.05) is 39.3 Å². The van der Waals surface area contributed by atoms with Crippen molar-refractivity contribution in [2.24, 2.45) is 0 Å². The van der Waals surface area contributed by atoms with Gasteiger partial charge >= 0.3 is 0 Å². The van der Waals surface area contributed by atoms with Crippen LogP contribution in [0.4, 0.5) is 10.4 Å². The molecule has 1 aliphatic heterocycles. The quantitative estimate of drug-likeness (QED) is 0.662. The monoisotopic (exact) mass is 418 g/mol. The number of halogens is 1. The number of nitrogens with one attached hydrogen (secondary N) is 1. The number of para-hydroxylation sites is 2. The Kier molecular flexibility index (Phi) is 5.53. The fourth-order valence-corrected chi connectivity index (χ4v) is 4.47. The van der Waals surface area contributed by atoms with Crippen LogP contribution in [0.3, 0.4) is 0 Å². The number of hydrogen-bond acceptors (Lipinski definition) is 6. The van der Waals surface area contributed by atoms with Gasteiger partial charge in [-0.2, -0.15) is 4.98 Å². The summed E-state index contributed by atoms with van der Waals surface area (Å²) in [5.74, 6) is -0.416. The molecule has 0 amide bonds. The zero-order valence-corrected chi connectivity index (χ0v) is 17.0. The van der Waals surface area contributed by atoms with Crippen LogP contribution in [0, 0.1) is 12.7 Å². The van der Waals surface area contributed by atoms with Crippen molar-refractivity contribution in [3.8, 4) is 0 Å². The zero-order valence-electron chi connectivity index (χ0n) is 16.1. The minimum Gasteiger partial charge on any atom is -0.423 e. The lowest BCUT2D eigenvalue weighted by atomic mass is 10.2. The second kappa shape index (κ2) is 8.10. The van der Waals surface area contributed by atoms with Crippen LogP contribution in [0.5, 0.6) is 0 Å². The number of piperazine rings is 1. The Balaban J connectivity index is 1.28. The highest BCUT2D eigenvalue weighted by molar-refractivity contribution is 7.89. The molecule has 2 heterocycles. The number of anilines is 1. The van der Waals surface area contributed by atoms with Gasteiger partial charge < -0.3 is 9.32 Å². The highest BCUT2D eigenvalue weighted by Crippen LogP contribution is 2.22. The molecule has 1 fully saturated rings. The molecule has 0 atom stereocenters. The van der Waals surface area contributed by atoms with E-state index < -0.39 is 15.8 Å². The number of nitrogens with zero attached hydrogens (tertiary/aromatic N) is 3. The van der Waals surface area contributed by atoms with Crippen LogP contribution in [-0.4, -0.2) is 57.6 Å². The molecule has 7 nitrogen and oxygen atoms in total. The summed E-state index contributed by atoms with van der Waals surface area (Å²) in [7, 11) is -3.65. The van der Waals surface area contributed by atoms with Crippen LogP contribution in [0.15, 0.2) is 51.8 Å².